The van der Waals surface area contributed by atoms with E-state index in [1.807, 2.05) is 6.07 Å². The Bertz CT molecular complexity index is 1170. The van der Waals surface area contributed by atoms with Gasteiger partial charge in [-0.15, -0.1) is 11.3 Å². The highest BCUT2D eigenvalue weighted by Crippen LogP contribution is 2.41. The molecule has 3 rings (SSSR count). The second-order valence-electron chi connectivity index (χ2n) is 10.9. The molecule has 1 saturated carbocycles. The third kappa shape index (κ3) is 8.39. The van der Waals surface area contributed by atoms with Gasteiger partial charge in [0.2, 0.25) is 12.3 Å². The number of ether oxygens (including phenoxy) is 1. The number of amides is 3. The SMILES string of the molecule is COC(=O)Nc1ccc(-c2cc(C(CCCC(C)C)NC(=O)C3CCC(C)CC3)sc2C(C)=O)c(NC=O)c1. The summed E-state index contributed by atoms with van der Waals surface area (Å²) in [5, 5.41) is 8.60. The van der Waals surface area contributed by atoms with Crippen LogP contribution in [0.1, 0.15) is 93.2 Å². The summed E-state index contributed by atoms with van der Waals surface area (Å²) in [6.45, 7) is 8.14. The van der Waals surface area contributed by atoms with Crippen molar-refractivity contribution in [1.82, 2.24) is 5.32 Å². The van der Waals surface area contributed by atoms with Gasteiger partial charge in [-0.05, 0) is 69.1 Å². The number of hydrogen-bond acceptors (Lipinski definition) is 6. The molecule has 0 saturated heterocycles. The second kappa shape index (κ2) is 14.3. The number of ketones is 1. The van der Waals surface area contributed by atoms with Crippen LogP contribution in [0.4, 0.5) is 16.2 Å². The van der Waals surface area contributed by atoms with Crippen LogP contribution in [0.2, 0.25) is 0 Å². The number of rotatable bonds is 12. The van der Waals surface area contributed by atoms with Gasteiger partial charge in [0.25, 0.3) is 0 Å². The molecule has 1 aromatic heterocycles. The van der Waals surface area contributed by atoms with Crippen molar-refractivity contribution in [1.29, 1.82) is 0 Å². The largest absolute Gasteiger partial charge is 0.453 e. The minimum Gasteiger partial charge on any atom is -0.453 e. The zero-order chi connectivity index (χ0) is 28.5. The Labute approximate surface area is 235 Å². The predicted octanol–water partition coefficient (Wildman–Crippen LogP) is 7.17. The molecule has 0 bridgehead atoms. The molecule has 0 radical (unpaired) electrons. The molecule has 0 aliphatic heterocycles. The van der Waals surface area contributed by atoms with Crippen molar-refractivity contribution in [2.24, 2.45) is 17.8 Å². The molecule has 0 spiro atoms. The molecule has 1 aromatic carbocycles. The molecule has 3 N–H and O–H groups in total. The Morgan fingerprint density at radius 1 is 1.08 bits per heavy atom. The van der Waals surface area contributed by atoms with Gasteiger partial charge in [0.05, 0.1) is 23.7 Å². The number of benzene rings is 1. The number of carbonyl (C=O) groups excluding carboxylic acids is 4. The van der Waals surface area contributed by atoms with Crippen molar-refractivity contribution < 1.29 is 23.9 Å². The second-order valence-corrected chi connectivity index (χ2v) is 12.0. The van der Waals surface area contributed by atoms with Crippen LogP contribution < -0.4 is 16.0 Å². The Morgan fingerprint density at radius 2 is 1.79 bits per heavy atom. The van der Waals surface area contributed by atoms with E-state index in [4.69, 9.17) is 0 Å². The lowest BCUT2D eigenvalue weighted by Crippen LogP contribution is -2.35. The van der Waals surface area contributed by atoms with Gasteiger partial charge in [-0.2, -0.15) is 0 Å². The van der Waals surface area contributed by atoms with Crippen LogP contribution in [0.5, 0.6) is 0 Å². The summed E-state index contributed by atoms with van der Waals surface area (Å²) in [4.78, 5) is 50.6. The first-order valence-corrected chi connectivity index (χ1v) is 14.6. The number of anilines is 2. The van der Waals surface area contributed by atoms with Gasteiger partial charge in [-0.3, -0.25) is 19.7 Å². The molecule has 8 nitrogen and oxygen atoms in total. The lowest BCUT2D eigenvalue weighted by Gasteiger charge is -2.27. The summed E-state index contributed by atoms with van der Waals surface area (Å²) < 4.78 is 4.66. The average Bonchev–Trinajstić information content (AvgIpc) is 3.34. The van der Waals surface area contributed by atoms with Crippen LogP contribution in [-0.2, 0) is 14.3 Å². The van der Waals surface area contributed by atoms with Crippen molar-refractivity contribution in [3.63, 3.8) is 0 Å². The monoisotopic (exact) mass is 555 g/mol. The number of thiophene rings is 1. The molecule has 1 heterocycles. The van der Waals surface area contributed by atoms with Crippen molar-refractivity contribution in [2.45, 2.75) is 78.7 Å². The standard InChI is InChI=1S/C30H41N3O5S/c1-18(2)7-6-8-25(33-29(36)21-11-9-19(3)10-12-21)27-16-24(28(39-27)20(4)35)23-14-13-22(32-30(37)38-5)15-26(23)31-17-34/h13-19,21,25H,6-12H2,1-5H3,(H,31,34)(H,32,37)(H,33,36). The summed E-state index contributed by atoms with van der Waals surface area (Å²) in [5.41, 5.74) is 2.22. The van der Waals surface area contributed by atoms with Gasteiger partial charge < -0.3 is 15.4 Å². The summed E-state index contributed by atoms with van der Waals surface area (Å²) in [5.74, 6) is 1.25. The van der Waals surface area contributed by atoms with Gasteiger partial charge in [0, 0.05) is 27.6 Å². The number of nitrogens with one attached hydrogen (secondary N) is 3. The van der Waals surface area contributed by atoms with Crippen molar-refractivity contribution in [3.8, 4) is 11.1 Å². The fraction of sp³-hybridized carbons (Fsp3) is 0.533. The first-order valence-electron chi connectivity index (χ1n) is 13.8. The summed E-state index contributed by atoms with van der Waals surface area (Å²) in [6, 6.07) is 6.83. The van der Waals surface area contributed by atoms with E-state index in [0.29, 0.717) is 45.6 Å². The summed E-state index contributed by atoms with van der Waals surface area (Å²) in [6.07, 6.45) is 6.68. The Kier molecular flexibility index (Phi) is 11.1. The molecule has 1 atom stereocenters. The molecular weight excluding hydrogens is 514 g/mol. The third-order valence-corrected chi connectivity index (χ3v) is 8.70. The van der Waals surface area contributed by atoms with Crippen molar-refractivity contribution in [2.75, 3.05) is 17.7 Å². The molecule has 39 heavy (non-hydrogen) atoms. The normalized spacial score (nSPS) is 17.8. The molecule has 1 aliphatic carbocycles. The number of methoxy groups -OCH3 is 1. The maximum absolute atomic E-state index is 13.3. The van der Waals surface area contributed by atoms with E-state index in [1.54, 1.807) is 18.2 Å². The van der Waals surface area contributed by atoms with Crippen LogP contribution in [0.15, 0.2) is 24.3 Å². The number of Topliss-reactive ketones (excluding diaryl/α,β-unsaturated/α-hetero) is 1. The van der Waals surface area contributed by atoms with E-state index in [-0.39, 0.29) is 23.7 Å². The van der Waals surface area contributed by atoms with Crippen LogP contribution >= 0.6 is 11.3 Å². The Hall–Kier alpha value is -3.20. The van der Waals surface area contributed by atoms with E-state index in [2.05, 4.69) is 41.5 Å². The summed E-state index contributed by atoms with van der Waals surface area (Å²) in [7, 11) is 1.27. The molecule has 1 aliphatic rings. The smallest absolute Gasteiger partial charge is 0.411 e. The first kappa shape index (κ1) is 30.3. The minimum atomic E-state index is -0.630. The Balaban J connectivity index is 1.97. The maximum atomic E-state index is 13.3. The maximum Gasteiger partial charge on any atom is 0.411 e. The zero-order valence-electron chi connectivity index (χ0n) is 23.6. The highest BCUT2D eigenvalue weighted by atomic mass is 32.1. The van der Waals surface area contributed by atoms with E-state index in [9.17, 15) is 19.2 Å². The van der Waals surface area contributed by atoms with E-state index >= 15 is 0 Å². The highest BCUT2D eigenvalue weighted by molar-refractivity contribution is 7.14. The zero-order valence-corrected chi connectivity index (χ0v) is 24.4. The van der Waals surface area contributed by atoms with Crippen molar-refractivity contribution >= 4 is 46.9 Å². The molecular formula is C30H41N3O5S. The highest BCUT2D eigenvalue weighted by Gasteiger charge is 2.28. The molecule has 1 fully saturated rings. The predicted molar refractivity (Wildman–Crippen MR) is 156 cm³/mol. The van der Waals surface area contributed by atoms with Gasteiger partial charge >= 0.3 is 6.09 Å². The molecule has 1 unspecified atom stereocenters. The molecule has 3 amide bonds. The lowest BCUT2D eigenvalue weighted by molar-refractivity contribution is -0.127. The fourth-order valence-electron chi connectivity index (χ4n) is 5.08. The topological polar surface area (TPSA) is 114 Å². The minimum absolute atomic E-state index is 0.0266. The third-order valence-electron chi connectivity index (χ3n) is 7.35. The Morgan fingerprint density at radius 3 is 2.41 bits per heavy atom. The van der Waals surface area contributed by atoms with Crippen LogP contribution in [0.3, 0.4) is 0 Å². The molecule has 212 valence electrons. The quantitative estimate of drug-likeness (QED) is 0.190. The van der Waals surface area contributed by atoms with Gasteiger partial charge in [-0.25, -0.2) is 4.79 Å². The molecule has 2 aromatic rings. The van der Waals surface area contributed by atoms with Crippen LogP contribution in [0.25, 0.3) is 11.1 Å². The van der Waals surface area contributed by atoms with Gasteiger partial charge in [0.15, 0.2) is 5.78 Å². The van der Waals surface area contributed by atoms with Gasteiger partial charge in [0.1, 0.15) is 0 Å². The van der Waals surface area contributed by atoms with Crippen LogP contribution in [0, 0.1) is 17.8 Å². The average molecular weight is 556 g/mol. The van der Waals surface area contributed by atoms with E-state index in [0.717, 1.165) is 49.8 Å². The van der Waals surface area contributed by atoms with Gasteiger partial charge in [-0.1, -0.05) is 39.7 Å². The number of carbonyl (C=O) groups is 4. The van der Waals surface area contributed by atoms with E-state index < -0.39 is 6.09 Å². The number of hydrogen-bond donors (Lipinski definition) is 3. The lowest BCUT2D eigenvalue weighted by atomic mass is 9.82. The van der Waals surface area contributed by atoms with Crippen molar-refractivity contribution in [3.05, 3.63) is 34.0 Å². The van der Waals surface area contributed by atoms with E-state index in [1.165, 1.54) is 25.4 Å². The molecule has 9 heteroatoms. The summed E-state index contributed by atoms with van der Waals surface area (Å²) >= 11 is 1.39. The van der Waals surface area contributed by atoms with Crippen LogP contribution in [-0.4, -0.2) is 31.3 Å². The first-order chi connectivity index (χ1) is 18.6. The fourth-order valence-corrected chi connectivity index (χ4v) is 6.23.